The van der Waals surface area contributed by atoms with Crippen molar-refractivity contribution in [3.05, 3.63) is 0 Å². The molecule has 0 saturated heterocycles. The maximum absolute atomic E-state index is 8.93. The van der Waals surface area contributed by atoms with Gasteiger partial charge in [-0.05, 0) is 0 Å². The average molecular weight is 220 g/mol. The summed E-state index contributed by atoms with van der Waals surface area (Å²) < 4.78 is 0. The summed E-state index contributed by atoms with van der Waals surface area (Å²) in [4.78, 5) is 35.7. The Morgan fingerprint density at radius 2 is 0.529 bits per heavy atom. The minimum atomic E-state index is -2.19. The van der Waals surface area contributed by atoms with E-state index in [0.29, 0.717) is 0 Å². The minimum absolute atomic E-state index is 0. The summed E-state index contributed by atoms with van der Waals surface area (Å²) >= 11 is 0. The molecule has 0 aromatic heterocycles. The normalized spacial score (nSPS) is 5.18. The number of carboxylic acids is 4. The number of rotatable bonds is 0. The van der Waals surface area contributed by atoms with Crippen LogP contribution in [0, 0.1) is 0 Å². The van der Waals surface area contributed by atoms with Gasteiger partial charge in [-0.1, -0.05) is 7.43 Å². The van der Waals surface area contributed by atoms with Gasteiger partial charge in [0.1, 0.15) is 0 Å². The van der Waals surface area contributed by atoms with E-state index in [0.717, 1.165) is 0 Å². The van der Waals surface area contributed by atoms with Crippen molar-refractivity contribution in [2.24, 2.45) is 0 Å². The molecule has 0 unspecified atom stereocenters. The van der Waals surface area contributed by atoms with Gasteiger partial charge in [0.05, 0.1) is 23.9 Å². The largest absolute Gasteiger partial charge is 1.00 e. The fraction of sp³-hybridized carbons (Fsp3) is 0.200. The summed E-state index contributed by atoms with van der Waals surface area (Å²) in [5, 5.41) is 35.7. The summed E-state index contributed by atoms with van der Waals surface area (Å²) in [7, 11) is 0. The summed E-state index contributed by atoms with van der Waals surface area (Å²) in [6.07, 6.45) is 0. The maximum atomic E-state index is 8.93. The van der Waals surface area contributed by atoms with Gasteiger partial charge < -0.3 is 39.6 Å². The second kappa shape index (κ2) is 25.2. The molecule has 0 amide bonds. The molecule has 8 nitrogen and oxygen atoms in total. The fourth-order valence-corrected chi connectivity index (χ4v) is 0. The van der Waals surface area contributed by atoms with Gasteiger partial charge >= 0.3 is 75.4 Å². The summed E-state index contributed by atoms with van der Waals surface area (Å²) in [6.45, 7) is 0. The van der Waals surface area contributed by atoms with Crippen molar-refractivity contribution in [2.75, 3.05) is 0 Å². The Morgan fingerprint density at radius 1 is 0.471 bits per heavy atom. The molecule has 0 aliphatic heterocycles. The molecule has 0 fully saturated rings. The van der Waals surface area contributed by atoms with Crippen LogP contribution in [-0.2, 0) is 19.2 Å². The first kappa shape index (κ1) is 43.3. The number of hydrogen-bond donors (Lipinski definition) is 0. The van der Waals surface area contributed by atoms with Crippen molar-refractivity contribution < 1.29 is 115 Å². The molecule has 0 aliphatic carbocycles. The van der Waals surface area contributed by atoms with Gasteiger partial charge in [-0.15, -0.1) is 0 Å². The van der Waals surface area contributed by atoms with Gasteiger partial charge in [-0.2, -0.15) is 0 Å². The Bertz CT molecular complexity index is 182. The average Bonchev–Trinajstić information content (AvgIpc) is 1.88. The van der Waals surface area contributed by atoms with Crippen molar-refractivity contribution in [1.29, 1.82) is 0 Å². The van der Waals surface area contributed by atoms with E-state index in [4.69, 9.17) is 39.6 Å². The Kier molecular flexibility index (Phi) is 64.2. The zero-order valence-corrected chi connectivity index (χ0v) is 9.27. The van der Waals surface area contributed by atoms with E-state index in [1.54, 1.807) is 0 Å². The Balaban J connectivity index is -0.0000000182. The molecular weight excluding hydrogens is 216 g/mol. The van der Waals surface area contributed by atoms with Crippen LogP contribution in [0.3, 0.4) is 0 Å². The van der Waals surface area contributed by atoms with Gasteiger partial charge in [0.2, 0.25) is 0 Å². The van der Waals surface area contributed by atoms with Crippen LogP contribution >= 0.6 is 0 Å². The van der Waals surface area contributed by atoms with E-state index in [2.05, 4.69) is 0 Å². The summed E-state index contributed by atoms with van der Waals surface area (Å²) in [5.41, 5.74) is 0. The third-order valence-electron chi connectivity index (χ3n) is 0.333. The number of hydrogen-bond acceptors (Lipinski definition) is 8. The third kappa shape index (κ3) is 48.4. The van der Waals surface area contributed by atoms with E-state index in [-0.39, 0.29) is 82.9 Å². The molecule has 0 saturated carbocycles. The van der Waals surface area contributed by atoms with Crippen LogP contribution in [0.25, 0.3) is 0 Å². The van der Waals surface area contributed by atoms with Crippen molar-refractivity contribution in [3.63, 3.8) is 0 Å². The topological polar surface area (TPSA) is 161 Å². The predicted octanol–water partition coefficient (Wildman–Crippen LogP) is -18.4. The van der Waals surface area contributed by atoms with Gasteiger partial charge in [-0.25, -0.2) is 0 Å². The van der Waals surface area contributed by atoms with E-state index < -0.39 is 23.9 Å². The molecule has 0 spiro atoms. The molecular formula is C5H4Li4O8. The molecule has 12 heteroatoms. The first-order valence-electron chi connectivity index (χ1n) is 2.13. The number of carboxylic acid groups (broad SMARTS) is 4. The van der Waals surface area contributed by atoms with Crippen molar-refractivity contribution >= 4 is 23.9 Å². The molecule has 0 aromatic rings. The Hall–Kier alpha value is 0.270. The van der Waals surface area contributed by atoms with Crippen LogP contribution in [0.4, 0.5) is 0 Å². The summed E-state index contributed by atoms with van der Waals surface area (Å²) in [5.74, 6) is -8.74. The van der Waals surface area contributed by atoms with Crippen molar-refractivity contribution in [2.45, 2.75) is 7.43 Å². The third-order valence-corrected chi connectivity index (χ3v) is 0.333. The molecule has 0 aliphatic rings. The quantitative estimate of drug-likeness (QED) is 0.287. The zero-order chi connectivity index (χ0) is 10.3. The molecule has 0 heterocycles. The maximum Gasteiger partial charge on any atom is 1.00 e. The van der Waals surface area contributed by atoms with Crippen molar-refractivity contribution in [1.82, 2.24) is 0 Å². The first-order chi connectivity index (χ1) is 5.29. The molecule has 76 valence electrons. The summed E-state index contributed by atoms with van der Waals surface area (Å²) in [6, 6.07) is 0. The van der Waals surface area contributed by atoms with Crippen LogP contribution in [0.15, 0.2) is 0 Å². The second-order valence-electron chi connectivity index (χ2n) is 1.15. The minimum Gasteiger partial charge on any atom is -0.543 e. The molecule has 0 rings (SSSR count). The second-order valence-corrected chi connectivity index (χ2v) is 1.15. The zero-order valence-electron chi connectivity index (χ0n) is 9.27. The smallest absolute Gasteiger partial charge is 0.543 e. The monoisotopic (exact) mass is 220 g/mol. The standard InChI is InChI=1S/2C2H2O4.CH4.4Li/c2*3-1(4)2(5)6;;;;;/h2*(H,3,4)(H,5,6);1H4;;;;/q;;;4*+1/p-4. The van der Waals surface area contributed by atoms with Crippen molar-refractivity contribution in [3.8, 4) is 0 Å². The van der Waals surface area contributed by atoms with E-state index in [9.17, 15) is 0 Å². The van der Waals surface area contributed by atoms with E-state index in [1.807, 2.05) is 0 Å². The molecule has 0 aromatic carbocycles. The van der Waals surface area contributed by atoms with Crippen LogP contribution in [0.5, 0.6) is 0 Å². The SMILES string of the molecule is C.O=C([O-])C(=O)[O-].O=C([O-])C(=O)[O-].[Li+].[Li+].[Li+].[Li+]. The van der Waals surface area contributed by atoms with Crippen LogP contribution in [-0.4, -0.2) is 23.9 Å². The van der Waals surface area contributed by atoms with Crippen LogP contribution < -0.4 is 95.9 Å². The molecule has 0 radical (unpaired) electrons. The molecule has 0 atom stereocenters. The number of carbonyl (C=O) groups excluding carboxylic acids is 4. The van der Waals surface area contributed by atoms with Crippen LogP contribution in [0.1, 0.15) is 7.43 Å². The first-order valence-corrected chi connectivity index (χ1v) is 2.13. The van der Waals surface area contributed by atoms with E-state index >= 15 is 0 Å². The van der Waals surface area contributed by atoms with Gasteiger partial charge in [-0.3, -0.25) is 0 Å². The molecule has 0 bridgehead atoms. The van der Waals surface area contributed by atoms with Crippen LogP contribution in [0.2, 0.25) is 0 Å². The predicted molar refractivity (Wildman–Crippen MR) is 26.8 cm³/mol. The number of carbonyl (C=O) groups is 4. The molecule has 0 N–H and O–H groups in total. The number of aliphatic carboxylic acids is 4. The van der Waals surface area contributed by atoms with Gasteiger partial charge in [0, 0.05) is 0 Å². The molecule has 17 heavy (non-hydrogen) atoms. The Morgan fingerprint density at radius 3 is 0.529 bits per heavy atom. The van der Waals surface area contributed by atoms with Gasteiger partial charge in [0.15, 0.2) is 0 Å². The fourth-order valence-electron chi connectivity index (χ4n) is 0. The van der Waals surface area contributed by atoms with Gasteiger partial charge in [0.25, 0.3) is 0 Å². The Labute approximate surface area is 145 Å². The van der Waals surface area contributed by atoms with E-state index in [1.165, 1.54) is 0 Å².